The first-order valence-corrected chi connectivity index (χ1v) is 7.84. The number of anilines is 1. The van der Waals surface area contributed by atoms with Crippen molar-refractivity contribution in [1.29, 1.82) is 0 Å². The highest BCUT2D eigenvalue weighted by Crippen LogP contribution is 2.36. The first-order chi connectivity index (χ1) is 11.8. The Hall–Kier alpha value is -3.15. The van der Waals surface area contributed by atoms with Crippen LogP contribution < -0.4 is 10.1 Å². The third-order valence-electron chi connectivity index (χ3n) is 3.98. The lowest BCUT2D eigenvalue weighted by atomic mass is 9.91. The molecule has 2 aromatic carbocycles. The monoisotopic (exact) mass is 338 g/mol. The van der Waals surface area contributed by atoms with Crippen LogP contribution >= 0.6 is 0 Å². The first kappa shape index (κ1) is 16.7. The third-order valence-corrected chi connectivity index (χ3v) is 3.98. The summed E-state index contributed by atoms with van der Waals surface area (Å²) in [7, 11) is 0. The Kier molecular flexibility index (Phi) is 4.04. The fraction of sp³-hybridized carbons (Fsp3) is 0.211. The molecule has 128 valence electrons. The van der Waals surface area contributed by atoms with E-state index < -0.39 is 10.9 Å². The molecule has 0 atom stereocenters. The van der Waals surface area contributed by atoms with Crippen molar-refractivity contribution in [3.63, 3.8) is 0 Å². The molecule has 1 aliphatic rings. The highest BCUT2D eigenvalue weighted by molar-refractivity contribution is 5.95. The number of allylic oxidation sites excluding steroid dienone is 1. The van der Waals surface area contributed by atoms with Crippen LogP contribution in [0.3, 0.4) is 0 Å². The normalized spacial score (nSPS) is 14.8. The predicted octanol–water partition coefficient (Wildman–Crippen LogP) is 4.42. The summed E-state index contributed by atoms with van der Waals surface area (Å²) in [6.07, 6.45) is 2.10. The van der Waals surface area contributed by atoms with Gasteiger partial charge in [-0.3, -0.25) is 10.1 Å². The van der Waals surface area contributed by atoms with Crippen molar-refractivity contribution >= 4 is 22.9 Å². The van der Waals surface area contributed by atoms with Gasteiger partial charge in [0.2, 0.25) is 0 Å². The highest BCUT2D eigenvalue weighted by atomic mass is 16.6. The molecule has 0 aromatic heterocycles. The number of ether oxygens (including phenoxy) is 1. The number of nitrogens with zero attached hydrogens (tertiary/aromatic N) is 1. The summed E-state index contributed by atoms with van der Waals surface area (Å²) < 4.78 is 5.36. The van der Waals surface area contributed by atoms with Gasteiger partial charge in [-0.05, 0) is 50.6 Å². The van der Waals surface area contributed by atoms with Crippen LogP contribution in [-0.2, 0) is 0 Å². The maximum atomic E-state index is 12.3. The van der Waals surface area contributed by atoms with E-state index in [2.05, 4.69) is 25.2 Å². The van der Waals surface area contributed by atoms with Gasteiger partial charge in [0, 0.05) is 17.3 Å². The molecular weight excluding hydrogens is 320 g/mol. The van der Waals surface area contributed by atoms with Gasteiger partial charge in [0.05, 0.1) is 10.5 Å². The molecule has 0 spiro atoms. The Labute approximate surface area is 145 Å². The van der Waals surface area contributed by atoms with Gasteiger partial charge >= 0.3 is 5.97 Å². The van der Waals surface area contributed by atoms with E-state index in [0.717, 1.165) is 16.8 Å². The number of nitro benzene ring substituents is 1. The summed E-state index contributed by atoms with van der Waals surface area (Å²) >= 11 is 0. The number of nitro groups is 1. The summed E-state index contributed by atoms with van der Waals surface area (Å²) in [4.78, 5) is 22.8. The van der Waals surface area contributed by atoms with Crippen molar-refractivity contribution in [1.82, 2.24) is 0 Å². The number of hydrogen-bond donors (Lipinski definition) is 1. The van der Waals surface area contributed by atoms with Gasteiger partial charge < -0.3 is 10.1 Å². The standard InChI is InChI=1S/C19H18N2O4/c1-12-11-19(2,3)20-16-9-8-13(10-15(12)16)25-18(22)14-6-4-5-7-17(14)21(23)24/h4-11,20H,1-3H3. The van der Waals surface area contributed by atoms with Crippen molar-refractivity contribution < 1.29 is 14.5 Å². The zero-order chi connectivity index (χ0) is 18.2. The van der Waals surface area contributed by atoms with E-state index in [1.54, 1.807) is 18.2 Å². The third kappa shape index (κ3) is 3.38. The van der Waals surface area contributed by atoms with E-state index in [-0.39, 0.29) is 16.8 Å². The minimum absolute atomic E-state index is 0.0725. The Morgan fingerprint density at radius 3 is 2.64 bits per heavy atom. The molecule has 0 bridgehead atoms. The van der Waals surface area contributed by atoms with Gasteiger partial charge in [0.25, 0.3) is 5.69 Å². The number of rotatable bonds is 3. The molecule has 3 rings (SSSR count). The SMILES string of the molecule is CC1=CC(C)(C)Nc2ccc(OC(=O)c3ccccc3[N+](=O)[O-])cc21. The number of carbonyl (C=O) groups excluding carboxylic acids is 1. The summed E-state index contributed by atoms with van der Waals surface area (Å²) in [5.41, 5.74) is 2.46. The van der Waals surface area contributed by atoms with E-state index in [0.29, 0.717) is 5.75 Å². The number of hydrogen-bond acceptors (Lipinski definition) is 5. The number of nitrogens with one attached hydrogen (secondary N) is 1. The lowest BCUT2D eigenvalue weighted by Gasteiger charge is -2.31. The maximum Gasteiger partial charge on any atom is 0.350 e. The van der Waals surface area contributed by atoms with Crippen molar-refractivity contribution in [3.8, 4) is 5.75 Å². The molecule has 0 aliphatic carbocycles. The minimum atomic E-state index is -0.752. The zero-order valence-corrected chi connectivity index (χ0v) is 14.2. The molecule has 0 fully saturated rings. The van der Waals surface area contributed by atoms with E-state index in [1.165, 1.54) is 18.2 Å². The number of para-hydroxylation sites is 1. The Bertz CT molecular complexity index is 900. The molecule has 6 heteroatoms. The Morgan fingerprint density at radius 1 is 1.20 bits per heavy atom. The lowest BCUT2D eigenvalue weighted by Crippen LogP contribution is -2.31. The van der Waals surface area contributed by atoms with Crippen LogP contribution in [0.15, 0.2) is 48.5 Å². The molecule has 2 aromatic rings. The Morgan fingerprint density at radius 2 is 1.92 bits per heavy atom. The van der Waals surface area contributed by atoms with Gasteiger partial charge in [-0.15, -0.1) is 0 Å². The second-order valence-electron chi connectivity index (χ2n) is 6.55. The smallest absolute Gasteiger partial charge is 0.350 e. The van der Waals surface area contributed by atoms with Gasteiger partial charge in [-0.1, -0.05) is 18.2 Å². The molecule has 1 aliphatic heterocycles. The van der Waals surface area contributed by atoms with E-state index in [9.17, 15) is 14.9 Å². The molecule has 0 amide bonds. The molecule has 1 heterocycles. The van der Waals surface area contributed by atoms with Crippen LogP contribution in [0.2, 0.25) is 0 Å². The maximum absolute atomic E-state index is 12.3. The second kappa shape index (κ2) is 6.05. The summed E-state index contributed by atoms with van der Waals surface area (Å²) in [6.45, 7) is 6.14. The lowest BCUT2D eigenvalue weighted by molar-refractivity contribution is -0.385. The molecule has 25 heavy (non-hydrogen) atoms. The topological polar surface area (TPSA) is 81.5 Å². The predicted molar refractivity (Wildman–Crippen MR) is 95.8 cm³/mol. The summed E-state index contributed by atoms with van der Waals surface area (Å²) in [5, 5.41) is 14.5. The fourth-order valence-electron chi connectivity index (χ4n) is 2.99. The van der Waals surface area contributed by atoms with Crippen LogP contribution in [0.4, 0.5) is 11.4 Å². The summed E-state index contributed by atoms with van der Waals surface area (Å²) in [6, 6.07) is 11.0. The molecule has 1 N–H and O–H groups in total. The van der Waals surface area contributed by atoms with Crippen LogP contribution in [0.5, 0.6) is 5.75 Å². The summed E-state index contributed by atoms with van der Waals surface area (Å²) in [5.74, 6) is -0.408. The fourth-order valence-corrected chi connectivity index (χ4v) is 2.99. The number of carbonyl (C=O) groups is 1. The van der Waals surface area contributed by atoms with E-state index in [4.69, 9.17) is 4.74 Å². The molecule has 0 saturated heterocycles. The quantitative estimate of drug-likeness (QED) is 0.388. The number of fused-ring (bicyclic) bond motifs is 1. The van der Waals surface area contributed by atoms with Gasteiger partial charge in [0.1, 0.15) is 11.3 Å². The van der Waals surface area contributed by atoms with Crippen LogP contribution in [-0.4, -0.2) is 16.4 Å². The van der Waals surface area contributed by atoms with Gasteiger partial charge in [0.15, 0.2) is 0 Å². The van der Waals surface area contributed by atoms with E-state index >= 15 is 0 Å². The van der Waals surface area contributed by atoms with Gasteiger partial charge in [-0.2, -0.15) is 0 Å². The first-order valence-electron chi connectivity index (χ1n) is 7.84. The van der Waals surface area contributed by atoms with Crippen LogP contribution in [0, 0.1) is 10.1 Å². The molecule has 0 saturated carbocycles. The molecule has 0 unspecified atom stereocenters. The number of benzene rings is 2. The van der Waals surface area contributed by atoms with Crippen LogP contribution in [0.1, 0.15) is 36.7 Å². The zero-order valence-electron chi connectivity index (χ0n) is 14.2. The second-order valence-corrected chi connectivity index (χ2v) is 6.55. The number of esters is 1. The van der Waals surface area contributed by atoms with Crippen molar-refractivity contribution in [3.05, 3.63) is 69.8 Å². The van der Waals surface area contributed by atoms with Gasteiger partial charge in [-0.25, -0.2) is 4.79 Å². The van der Waals surface area contributed by atoms with E-state index in [1.807, 2.05) is 13.0 Å². The molecular formula is C19H18N2O4. The largest absolute Gasteiger partial charge is 0.423 e. The van der Waals surface area contributed by atoms with Crippen LogP contribution in [0.25, 0.3) is 5.57 Å². The van der Waals surface area contributed by atoms with Crippen molar-refractivity contribution in [2.24, 2.45) is 0 Å². The average molecular weight is 338 g/mol. The minimum Gasteiger partial charge on any atom is -0.423 e. The highest BCUT2D eigenvalue weighted by Gasteiger charge is 2.24. The van der Waals surface area contributed by atoms with Crippen molar-refractivity contribution in [2.75, 3.05) is 5.32 Å². The molecule has 0 radical (unpaired) electrons. The average Bonchev–Trinajstić information content (AvgIpc) is 2.54. The van der Waals surface area contributed by atoms with Crippen molar-refractivity contribution in [2.45, 2.75) is 26.3 Å². The Balaban J connectivity index is 1.89. The molecule has 6 nitrogen and oxygen atoms in total.